The standard InChI is InChI=1S/C21H24FN5O2/c1-14-20-16(6-4-8-18(20)28)24-21(23-14)25-19(29)13-26-9-11-27(12-10-26)17-7-3-2-5-15(17)22/h2-3,5,7H,4,6,8-13H2,1H3,(H,23,24,25,29). The van der Waals surface area contributed by atoms with Gasteiger partial charge in [-0.15, -0.1) is 0 Å². The number of aromatic nitrogens is 2. The second kappa shape index (κ2) is 8.24. The SMILES string of the molecule is Cc1nc(NC(=O)CN2CCN(c3ccccc3F)CC2)nc2c1C(=O)CCC2. The minimum absolute atomic E-state index is 0.0781. The van der Waals surface area contributed by atoms with Crippen molar-refractivity contribution >= 4 is 23.3 Å². The predicted octanol–water partition coefficient (Wildman–Crippen LogP) is 2.20. The van der Waals surface area contributed by atoms with Gasteiger partial charge in [0.15, 0.2) is 5.78 Å². The number of nitrogens with one attached hydrogen (secondary N) is 1. The molecule has 29 heavy (non-hydrogen) atoms. The number of piperazine rings is 1. The van der Waals surface area contributed by atoms with Crippen LogP contribution in [0.1, 0.15) is 34.6 Å². The van der Waals surface area contributed by atoms with Crippen molar-refractivity contribution in [2.24, 2.45) is 0 Å². The Kier molecular flexibility index (Phi) is 5.53. The van der Waals surface area contributed by atoms with Gasteiger partial charge in [0.25, 0.3) is 0 Å². The normalized spacial score (nSPS) is 17.2. The van der Waals surface area contributed by atoms with Gasteiger partial charge in [0.2, 0.25) is 11.9 Å². The van der Waals surface area contributed by atoms with E-state index in [4.69, 9.17) is 0 Å². The van der Waals surface area contributed by atoms with E-state index >= 15 is 0 Å². The lowest BCUT2D eigenvalue weighted by Crippen LogP contribution is -2.49. The zero-order valence-electron chi connectivity index (χ0n) is 16.4. The molecular formula is C21H24FN5O2. The van der Waals surface area contributed by atoms with Crippen LogP contribution in [0.5, 0.6) is 0 Å². The van der Waals surface area contributed by atoms with Gasteiger partial charge in [-0.05, 0) is 31.9 Å². The summed E-state index contributed by atoms with van der Waals surface area (Å²) in [5.41, 5.74) is 2.55. The van der Waals surface area contributed by atoms with E-state index in [9.17, 15) is 14.0 Å². The van der Waals surface area contributed by atoms with Crippen molar-refractivity contribution in [1.82, 2.24) is 14.9 Å². The summed E-state index contributed by atoms with van der Waals surface area (Å²) in [4.78, 5) is 37.2. The Balaban J connectivity index is 1.34. The zero-order valence-corrected chi connectivity index (χ0v) is 16.4. The molecule has 1 aromatic carbocycles. The summed E-state index contributed by atoms with van der Waals surface area (Å²) < 4.78 is 13.9. The molecule has 1 amide bonds. The van der Waals surface area contributed by atoms with Gasteiger partial charge in [0.1, 0.15) is 5.82 Å². The van der Waals surface area contributed by atoms with Crippen LogP contribution in [0.25, 0.3) is 0 Å². The first-order chi connectivity index (χ1) is 14.0. The third kappa shape index (κ3) is 4.27. The fourth-order valence-electron chi connectivity index (χ4n) is 4.00. The lowest BCUT2D eigenvalue weighted by atomic mass is 9.94. The average molecular weight is 397 g/mol. The van der Waals surface area contributed by atoms with Gasteiger partial charge in [0.05, 0.1) is 29.2 Å². The number of anilines is 2. The molecule has 0 bridgehead atoms. The number of hydrogen-bond donors (Lipinski definition) is 1. The largest absolute Gasteiger partial charge is 0.367 e. The molecule has 0 atom stereocenters. The minimum Gasteiger partial charge on any atom is -0.367 e. The highest BCUT2D eigenvalue weighted by atomic mass is 19.1. The van der Waals surface area contributed by atoms with Crippen molar-refractivity contribution < 1.29 is 14.0 Å². The summed E-state index contributed by atoms with van der Waals surface area (Å²) in [6.07, 6.45) is 2.04. The van der Waals surface area contributed by atoms with E-state index in [1.807, 2.05) is 15.9 Å². The van der Waals surface area contributed by atoms with Crippen LogP contribution >= 0.6 is 0 Å². The molecule has 1 aromatic heterocycles. The molecule has 1 aliphatic carbocycles. The molecule has 7 nitrogen and oxygen atoms in total. The number of ketones is 1. The third-order valence-corrected chi connectivity index (χ3v) is 5.44. The van der Waals surface area contributed by atoms with Gasteiger partial charge in [-0.2, -0.15) is 0 Å². The van der Waals surface area contributed by atoms with Gasteiger partial charge < -0.3 is 4.90 Å². The highest BCUT2D eigenvalue weighted by Gasteiger charge is 2.24. The molecule has 2 aliphatic rings. The molecule has 4 rings (SSSR count). The van der Waals surface area contributed by atoms with Crippen molar-refractivity contribution in [3.63, 3.8) is 0 Å². The van der Waals surface area contributed by atoms with Crippen LogP contribution in [-0.4, -0.2) is 59.3 Å². The number of rotatable bonds is 4. The molecule has 0 radical (unpaired) electrons. The number of Topliss-reactive ketones (excluding diaryl/α,β-unsaturated/α-hetero) is 1. The molecule has 1 fully saturated rings. The van der Waals surface area contributed by atoms with Crippen LogP contribution in [0.15, 0.2) is 24.3 Å². The molecule has 2 heterocycles. The van der Waals surface area contributed by atoms with Crippen LogP contribution in [0.2, 0.25) is 0 Å². The Morgan fingerprint density at radius 2 is 1.90 bits per heavy atom. The molecule has 1 aliphatic heterocycles. The van der Waals surface area contributed by atoms with E-state index in [-0.39, 0.29) is 30.0 Å². The fourth-order valence-corrected chi connectivity index (χ4v) is 4.00. The fraction of sp³-hybridized carbons (Fsp3) is 0.429. The van der Waals surface area contributed by atoms with Crippen molar-refractivity contribution in [2.75, 3.05) is 42.9 Å². The number of benzene rings is 1. The maximum Gasteiger partial charge on any atom is 0.240 e. The average Bonchev–Trinajstić information content (AvgIpc) is 2.69. The van der Waals surface area contributed by atoms with Gasteiger partial charge in [-0.25, -0.2) is 14.4 Å². The quantitative estimate of drug-likeness (QED) is 0.852. The lowest BCUT2D eigenvalue weighted by molar-refractivity contribution is -0.117. The Hall–Kier alpha value is -2.87. The van der Waals surface area contributed by atoms with Crippen LogP contribution in [-0.2, 0) is 11.2 Å². The minimum atomic E-state index is -0.225. The molecule has 2 aromatic rings. The molecule has 0 unspecified atom stereocenters. The van der Waals surface area contributed by atoms with Gasteiger partial charge in [0, 0.05) is 32.6 Å². The zero-order chi connectivity index (χ0) is 20.4. The first kappa shape index (κ1) is 19.4. The Bertz CT molecular complexity index is 941. The highest BCUT2D eigenvalue weighted by Crippen LogP contribution is 2.23. The summed E-state index contributed by atoms with van der Waals surface area (Å²) in [7, 11) is 0. The first-order valence-corrected chi connectivity index (χ1v) is 9.93. The van der Waals surface area contributed by atoms with E-state index in [0.29, 0.717) is 49.5 Å². The summed E-state index contributed by atoms with van der Waals surface area (Å²) in [6.45, 7) is 4.65. The third-order valence-electron chi connectivity index (χ3n) is 5.44. The number of nitrogens with zero attached hydrogens (tertiary/aromatic N) is 4. The van der Waals surface area contributed by atoms with E-state index in [2.05, 4.69) is 15.3 Å². The van der Waals surface area contributed by atoms with Crippen LogP contribution in [0, 0.1) is 12.7 Å². The number of aryl methyl sites for hydroxylation is 2. The predicted molar refractivity (Wildman–Crippen MR) is 108 cm³/mol. The summed E-state index contributed by atoms with van der Waals surface area (Å²) in [5.74, 6) is -0.0803. The maximum atomic E-state index is 13.9. The number of para-hydroxylation sites is 1. The van der Waals surface area contributed by atoms with Gasteiger partial charge in [-0.1, -0.05) is 12.1 Å². The van der Waals surface area contributed by atoms with E-state index in [1.54, 1.807) is 19.1 Å². The summed E-state index contributed by atoms with van der Waals surface area (Å²) in [5, 5.41) is 2.76. The summed E-state index contributed by atoms with van der Waals surface area (Å²) >= 11 is 0. The monoisotopic (exact) mass is 397 g/mol. The molecule has 1 saturated heterocycles. The van der Waals surface area contributed by atoms with Gasteiger partial charge >= 0.3 is 0 Å². The maximum absolute atomic E-state index is 13.9. The van der Waals surface area contributed by atoms with Gasteiger partial charge in [-0.3, -0.25) is 19.8 Å². The van der Waals surface area contributed by atoms with E-state index in [1.165, 1.54) is 6.07 Å². The number of carbonyl (C=O) groups is 2. The van der Waals surface area contributed by atoms with Crippen molar-refractivity contribution in [3.05, 3.63) is 47.0 Å². The molecule has 0 spiro atoms. The Morgan fingerprint density at radius 1 is 1.14 bits per heavy atom. The van der Waals surface area contributed by atoms with Crippen LogP contribution in [0.4, 0.5) is 16.0 Å². The number of amides is 1. The second-order valence-corrected chi connectivity index (χ2v) is 7.49. The Labute approximate surface area is 168 Å². The molecule has 8 heteroatoms. The molecular weight excluding hydrogens is 373 g/mol. The van der Waals surface area contributed by atoms with Crippen molar-refractivity contribution in [2.45, 2.75) is 26.2 Å². The smallest absolute Gasteiger partial charge is 0.240 e. The van der Waals surface area contributed by atoms with Crippen LogP contribution < -0.4 is 10.2 Å². The second-order valence-electron chi connectivity index (χ2n) is 7.49. The molecule has 152 valence electrons. The number of hydrogen-bond acceptors (Lipinski definition) is 6. The lowest BCUT2D eigenvalue weighted by Gasteiger charge is -2.35. The van der Waals surface area contributed by atoms with E-state index < -0.39 is 0 Å². The Morgan fingerprint density at radius 3 is 2.66 bits per heavy atom. The highest BCUT2D eigenvalue weighted by molar-refractivity contribution is 5.99. The van der Waals surface area contributed by atoms with Crippen molar-refractivity contribution in [1.29, 1.82) is 0 Å². The molecule has 1 N–H and O–H groups in total. The topological polar surface area (TPSA) is 78.4 Å². The van der Waals surface area contributed by atoms with Crippen LogP contribution in [0.3, 0.4) is 0 Å². The number of halogens is 1. The number of fused-ring (bicyclic) bond motifs is 1. The summed E-state index contributed by atoms with van der Waals surface area (Å²) in [6, 6.07) is 6.74. The molecule has 0 saturated carbocycles. The van der Waals surface area contributed by atoms with Crippen molar-refractivity contribution in [3.8, 4) is 0 Å². The first-order valence-electron chi connectivity index (χ1n) is 9.93. The van der Waals surface area contributed by atoms with E-state index in [0.717, 1.165) is 18.5 Å². The number of carbonyl (C=O) groups excluding carboxylic acids is 2.